The molecule has 0 bridgehead atoms. The molecule has 2 aromatic heterocycles. The van der Waals surface area contributed by atoms with Gasteiger partial charge in [-0.05, 0) is 37.5 Å². The van der Waals surface area contributed by atoms with Gasteiger partial charge in [0.1, 0.15) is 6.61 Å². The van der Waals surface area contributed by atoms with Crippen LogP contribution in [0.25, 0.3) is 0 Å². The molecule has 6 heteroatoms. The summed E-state index contributed by atoms with van der Waals surface area (Å²) >= 11 is 1.35. The molecule has 0 atom stereocenters. The molecule has 0 unspecified atom stereocenters. The van der Waals surface area contributed by atoms with Crippen LogP contribution in [0.2, 0.25) is 0 Å². The summed E-state index contributed by atoms with van der Waals surface area (Å²) in [6.45, 7) is 3.90. The zero-order chi connectivity index (χ0) is 13.0. The van der Waals surface area contributed by atoms with Crippen LogP contribution in [0.5, 0.6) is 0 Å². The van der Waals surface area contributed by atoms with Crippen molar-refractivity contribution in [1.29, 1.82) is 0 Å². The number of aryl methyl sites for hydroxylation is 2. The molecule has 1 amide bonds. The molecule has 0 radical (unpaired) electrons. The molecular formula is C12H13N3O2S. The van der Waals surface area contributed by atoms with Crippen LogP contribution < -0.4 is 5.32 Å². The van der Waals surface area contributed by atoms with E-state index in [2.05, 4.69) is 14.7 Å². The Hall–Kier alpha value is -1.95. The molecule has 0 aromatic carbocycles. The second-order valence-electron chi connectivity index (χ2n) is 3.72. The Bertz CT molecular complexity index is 520. The lowest BCUT2D eigenvalue weighted by Gasteiger charge is -2.06. The summed E-state index contributed by atoms with van der Waals surface area (Å²) in [6.07, 6.45) is 1.17. The van der Waals surface area contributed by atoms with Gasteiger partial charge in [-0.2, -0.15) is 4.37 Å². The topological polar surface area (TPSA) is 64.1 Å². The summed E-state index contributed by atoms with van der Waals surface area (Å²) in [5.41, 5.74) is 2.24. The number of aromatic nitrogens is 2. The maximum atomic E-state index is 11.6. The zero-order valence-corrected chi connectivity index (χ0v) is 11.0. The average molecular weight is 263 g/mol. The average Bonchev–Trinajstić information content (AvgIpc) is 2.69. The molecule has 0 aliphatic heterocycles. The summed E-state index contributed by atoms with van der Waals surface area (Å²) in [5, 5.41) is 2.69. The SMILES string of the molecule is Cc1nsc(C)c1NC(=O)OCc1ccccn1. The molecule has 0 spiro atoms. The van der Waals surface area contributed by atoms with Crippen LogP contribution >= 0.6 is 11.5 Å². The number of amides is 1. The Balaban J connectivity index is 1.90. The van der Waals surface area contributed by atoms with Gasteiger partial charge in [0.05, 0.1) is 17.1 Å². The number of carbonyl (C=O) groups excluding carboxylic acids is 1. The fraction of sp³-hybridized carbons (Fsp3) is 0.250. The number of hydrogen-bond acceptors (Lipinski definition) is 5. The highest BCUT2D eigenvalue weighted by molar-refractivity contribution is 7.06. The van der Waals surface area contributed by atoms with Crippen molar-refractivity contribution in [3.05, 3.63) is 40.7 Å². The van der Waals surface area contributed by atoms with E-state index in [1.54, 1.807) is 12.3 Å². The van der Waals surface area contributed by atoms with Crippen molar-refractivity contribution in [2.45, 2.75) is 20.5 Å². The second-order valence-corrected chi connectivity index (χ2v) is 4.70. The third-order valence-electron chi connectivity index (χ3n) is 2.34. The van der Waals surface area contributed by atoms with E-state index >= 15 is 0 Å². The Morgan fingerprint density at radius 3 is 2.89 bits per heavy atom. The molecule has 2 rings (SSSR count). The number of carbonyl (C=O) groups is 1. The summed E-state index contributed by atoms with van der Waals surface area (Å²) in [6, 6.07) is 5.46. The molecule has 18 heavy (non-hydrogen) atoms. The van der Waals surface area contributed by atoms with Crippen LogP contribution in [-0.2, 0) is 11.3 Å². The number of rotatable bonds is 3. The van der Waals surface area contributed by atoms with Crippen molar-refractivity contribution in [1.82, 2.24) is 9.36 Å². The highest BCUT2D eigenvalue weighted by Gasteiger charge is 2.11. The molecule has 5 nitrogen and oxygen atoms in total. The number of ether oxygens (including phenoxy) is 1. The summed E-state index contributed by atoms with van der Waals surface area (Å²) in [5.74, 6) is 0. The van der Waals surface area contributed by atoms with Gasteiger partial charge in [-0.1, -0.05) is 6.07 Å². The van der Waals surface area contributed by atoms with Gasteiger partial charge in [-0.25, -0.2) is 4.79 Å². The predicted molar refractivity (Wildman–Crippen MR) is 69.6 cm³/mol. The van der Waals surface area contributed by atoms with Crippen molar-refractivity contribution in [3.8, 4) is 0 Å². The molecule has 94 valence electrons. The van der Waals surface area contributed by atoms with Crippen LogP contribution in [0.15, 0.2) is 24.4 Å². The van der Waals surface area contributed by atoms with E-state index in [9.17, 15) is 4.79 Å². The largest absolute Gasteiger partial charge is 0.443 e. The van der Waals surface area contributed by atoms with Gasteiger partial charge >= 0.3 is 6.09 Å². The molecule has 0 saturated carbocycles. The second kappa shape index (κ2) is 5.59. The Labute approximate surface area is 109 Å². The third kappa shape index (κ3) is 3.04. The summed E-state index contributed by atoms with van der Waals surface area (Å²) in [7, 11) is 0. The van der Waals surface area contributed by atoms with Gasteiger partial charge in [0.25, 0.3) is 0 Å². The normalized spacial score (nSPS) is 10.1. The summed E-state index contributed by atoms with van der Waals surface area (Å²) < 4.78 is 9.22. The highest BCUT2D eigenvalue weighted by Crippen LogP contribution is 2.22. The minimum atomic E-state index is -0.493. The fourth-order valence-electron chi connectivity index (χ4n) is 1.42. The van der Waals surface area contributed by atoms with Crippen LogP contribution in [0.1, 0.15) is 16.3 Å². The smallest absolute Gasteiger partial charge is 0.412 e. The number of anilines is 1. The van der Waals surface area contributed by atoms with E-state index in [0.29, 0.717) is 5.69 Å². The number of nitrogens with one attached hydrogen (secondary N) is 1. The van der Waals surface area contributed by atoms with Crippen LogP contribution in [0.3, 0.4) is 0 Å². The van der Waals surface area contributed by atoms with Gasteiger partial charge in [-0.3, -0.25) is 10.3 Å². The molecule has 0 aliphatic rings. The van der Waals surface area contributed by atoms with E-state index < -0.39 is 6.09 Å². The van der Waals surface area contributed by atoms with Crippen molar-refractivity contribution in [2.24, 2.45) is 0 Å². The molecule has 0 aliphatic carbocycles. The lowest BCUT2D eigenvalue weighted by molar-refractivity contribution is 0.153. The minimum absolute atomic E-state index is 0.155. The predicted octanol–water partition coefficient (Wildman–Crippen LogP) is 2.90. The molecular weight excluding hydrogens is 250 g/mol. The molecule has 0 saturated heterocycles. The first-order valence-corrected chi connectivity index (χ1v) is 6.20. The first kappa shape index (κ1) is 12.5. The molecule has 2 heterocycles. The Morgan fingerprint density at radius 1 is 1.44 bits per heavy atom. The summed E-state index contributed by atoms with van der Waals surface area (Å²) in [4.78, 5) is 16.6. The quantitative estimate of drug-likeness (QED) is 0.924. The lowest BCUT2D eigenvalue weighted by Crippen LogP contribution is -2.14. The van der Waals surface area contributed by atoms with E-state index in [0.717, 1.165) is 16.3 Å². The fourth-order valence-corrected chi connectivity index (χ4v) is 2.08. The van der Waals surface area contributed by atoms with Crippen molar-refractivity contribution in [2.75, 3.05) is 5.32 Å². The van der Waals surface area contributed by atoms with Gasteiger partial charge in [-0.15, -0.1) is 0 Å². The van der Waals surface area contributed by atoms with E-state index in [1.165, 1.54) is 11.5 Å². The number of pyridine rings is 1. The van der Waals surface area contributed by atoms with Gasteiger partial charge < -0.3 is 4.74 Å². The molecule has 0 fully saturated rings. The van der Waals surface area contributed by atoms with E-state index in [-0.39, 0.29) is 6.61 Å². The Kier molecular flexibility index (Phi) is 3.88. The highest BCUT2D eigenvalue weighted by atomic mass is 32.1. The lowest BCUT2D eigenvalue weighted by atomic mass is 10.3. The van der Waals surface area contributed by atoms with Crippen LogP contribution in [0.4, 0.5) is 10.5 Å². The van der Waals surface area contributed by atoms with Gasteiger partial charge in [0.15, 0.2) is 0 Å². The van der Waals surface area contributed by atoms with E-state index in [1.807, 2.05) is 26.0 Å². The zero-order valence-electron chi connectivity index (χ0n) is 10.1. The Morgan fingerprint density at radius 2 is 2.28 bits per heavy atom. The first-order valence-electron chi connectivity index (χ1n) is 5.43. The van der Waals surface area contributed by atoms with Crippen LogP contribution in [0, 0.1) is 13.8 Å². The maximum absolute atomic E-state index is 11.6. The van der Waals surface area contributed by atoms with E-state index in [4.69, 9.17) is 4.74 Å². The maximum Gasteiger partial charge on any atom is 0.412 e. The number of hydrogen-bond donors (Lipinski definition) is 1. The standard InChI is InChI=1S/C12H13N3O2S/c1-8-11(9(2)18-15-8)14-12(16)17-7-10-5-3-4-6-13-10/h3-6H,7H2,1-2H3,(H,14,16). The van der Waals surface area contributed by atoms with Crippen LogP contribution in [-0.4, -0.2) is 15.5 Å². The monoisotopic (exact) mass is 263 g/mol. The molecule has 1 N–H and O–H groups in total. The van der Waals surface area contributed by atoms with Crippen molar-refractivity contribution < 1.29 is 9.53 Å². The third-order valence-corrected chi connectivity index (χ3v) is 3.18. The molecule has 2 aromatic rings. The van der Waals surface area contributed by atoms with Gasteiger partial charge in [0.2, 0.25) is 0 Å². The van der Waals surface area contributed by atoms with Crippen molar-refractivity contribution in [3.63, 3.8) is 0 Å². The first-order chi connectivity index (χ1) is 8.66. The van der Waals surface area contributed by atoms with Crippen molar-refractivity contribution >= 4 is 23.3 Å². The van der Waals surface area contributed by atoms with Gasteiger partial charge in [0, 0.05) is 11.1 Å². The minimum Gasteiger partial charge on any atom is -0.443 e. The number of nitrogens with zero attached hydrogens (tertiary/aromatic N) is 2.